The molecule has 0 aliphatic rings. The maximum absolute atomic E-state index is 10.4. The molecule has 0 bridgehead atoms. The van der Waals surface area contributed by atoms with Crippen LogP contribution in [0, 0.1) is 0 Å². The molecular weight excluding hydrogens is 328 g/mol. The average molecular weight is 371 g/mol. The van der Waals surface area contributed by atoms with Crippen molar-refractivity contribution in [1.29, 1.82) is 0 Å². The van der Waals surface area contributed by atoms with Crippen LogP contribution in [0.2, 0.25) is 0 Å². The average Bonchev–Trinajstić information content (AvgIpc) is 2.63. The Morgan fingerprint density at radius 1 is 0.885 bits per heavy atom. The third-order valence-electron chi connectivity index (χ3n) is 4.90. The summed E-state index contributed by atoms with van der Waals surface area (Å²) in [5, 5.41) is 8.60. The normalized spacial score (nSPS) is 14.0. The molecule has 2 atom stereocenters. The number of methoxy groups -OCH3 is 2. The molecule has 0 aromatic heterocycles. The molecule has 0 aliphatic heterocycles. The van der Waals surface area contributed by atoms with E-state index in [1.165, 1.54) is 38.5 Å². The lowest BCUT2D eigenvalue weighted by molar-refractivity contribution is -0.137. The maximum Gasteiger partial charge on any atom is 0.303 e. The predicted octanol–water partition coefficient (Wildman–Crippen LogP) is 6.14. The van der Waals surface area contributed by atoms with Gasteiger partial charge in [0, 0.05) is 20.6 Å². The summed E-state index contributed by atoms with van der Waals surface area (Å²) in [6.07, 6.45) is 20.0. The van der Waals surface area contributed by atoms with Crippen molar-refractivity contribution in [2.45, 2.75) is 109 Å². The fourth-order valence-corrected chi connectivity index (χ4v) is 3.15. The van der Waals surface area contributed by atoms with E-state index in [2.05, 4.69) is 19.1 Å². The first kappa shape index (κ1) is 25.1. The molecule has 0 radical (unpaired) electrons. The molecule has 26 heavy (non-hydrogen) atoms. The first-order chi connectivity index (χ1) is 12.6. The largest absolute Gasteiger partial charge is 0.481 e. The molecule has 4 nitrogen and oxygen atoms in total. The lowest BCUT2D eigenvalue weighted by Crippen LogP contribution is -2.10. The summed E-state index contributed by atoms with van der Waals surface area (Å²) >= 11 is 0. The first-order valence-electron chi connectivity index (χ1n) is 10.6. The van der Waals surface area contributed by atoms with Gasteiger partial charge in [0.25, 0.3) is 0 Å². The molecule has 0 heterocycles. The van der Waals surface area contributed by atoms with E-state index in [4.69, 9.17) is 14.6 Å². The number of aliphatic carboxylic acids is 1. The van der Waals surface area contributed by atoms with Gasteiger partial charge in [-0.05, 0) is 32.1 Å². The van der Waals surface area contributed by atoms with E-state index in [9.17, 15) is 4.79 Å². The van der Waals surface area contributed by atoms with E-state index in [0.717, 1.165) is 44.9 Å². The highest BCUT2D eigenvalue weighted by Gasteiger charge is 2.07. The summed E-state index contributed by atoms with van der Waals surface area (Å²) < 4.78 is 11.1. The molecule has 0 spiro atoms. The van der Waals surface area contributed by atoms with Crippen molar-refractivity contribution < 1.29 is 19.4 Å². The molecule has 0 aromatic carbocycles. The Kier molecular flexibility index (Phi) is 18.3. The van der Waals surface area contributed by atoms with E-state index >= 15 is 0 Å². The van der Waals surface area contributed by atoms with Gasteiger partial charge in [-0.1, -0.05) is 70.4 Å². The fourth-order valence-electron chi connectivity index (χ4n) is 3.15. The topological polar surface area (TPSA) is 55.8 Å². The van der Waals surface area contributed by atoms with Gasteiger partial charge in [-0.25, -0.2) is 0 Å². The van der Waals surface area contributed by atoms with Crippen LogP contribution in [0.3, 0.4) is 0 Å². The Bertz CT molecular complexity index is 341. The van der Waals surface area contributed by atoms with Crippen LogP contribution in [-0.4, -0.2) is 37.5 Å². The van der Waals surface area contributed by atoms with Gasteiger partial charge in [-0.2, -0.15) is 0 Å². The van der Waals surface area contributed by atoms with Gasteiger partial charge in [0.05, 0.1) is 12.2 Å². The number of carbonyl (C=O) groups is 1. The second kappa shape index (κ2) is 18.9. The van der Waals surface area contributed by atoms with Crippen LogP contribution in [0.4, 0.5) is 0 Å². The van der Waals surface area contributed by atoms with Gasteiger partial charge >= 0.3 is 5.97 Å². The summed E-state index contributed by atoms with van der Waals surface area (Å²) in [4.78, 5) is 10.4. The van der Waals surface area contributed by atoms with Crippen molar-refractivity contribution in [3.63, 3.8) is 0 Å². The van der Waals surface area contributed by atoms with Crippen LogP contribution in [0.5, 0.6) is 0 Å². The van der Waals surface area contributed by atoms with Crippen LogP contribution >= 0.6 is 0 Å². The zero-order valence-corrected chi connectivity index (χ0v) is 17.4. The maximum atomic E-state index is 10.4. The summed E-state index contributed by atoms with van der Waals surface area (Å²) in [7, 11) is 3.60. The molecule has 0 aliphatic carbocycles. The van der Waals surface area contributed by atoms with Crippen molar-refractivity contribution in [3.8, 4) is 0 Å². The van der Waals surface area contributed by atoms with Gasteiger partial charge in [0.2, 0.25) is 0 Å². The fraction of sp³-hybridized carbons (Fsp3) is 0.864. The molecular formula is C22H42O4. The van der Waals surface area contributed by atoms with Crippen LogP contribution in [0.15, 0.2) is 12.2 Å². The highest BCUT2D eigenvalue weighted by molar-refractivity contribution is 5.66. The standard InChI is InChI=1S/C22H42O4/c1-4-5-10-15-20(25-2)17-13-14-18-21(26-3)16-11-8-6-7-9-12-19-22(23)24/h13,17,20-21H,4-12,14-16,18-19H2,1-3H3,(H,23,24). The molecule has 0 aromatic rings. The lowest BCUT2D eigenvalue weighted by Gasteiger charge is -2.14. The molecule has 1 N–H and O–H groups in total. The highest BCUT2D eigenvalue weighted by atomic mass is 16.5. The van der Waals surface area contributed by atoms with E-state index < -0.39 is 5.97 Å². The van der Waals surface area contributed by atoms with Gasteiger partial charge < -0.3 is 14.6 Å². The van der Waals surface area contributed by atoms with Crippen LogP contribution in [0.25, 0.3) is 0 Å². The van der Waals surface area contributed by atoms with Crippen molar-refractivity contribution in [2.75, 3.05) is 14.2 Å². The van der Waals surface area contributed by atoms with E-state index in [0.29, 0.717) is 12.5 Å². The molecule has 0 rings (SSSR count). The number of carboxylic acids is 1. The van der Waals surface area contributed by atoms with Gasteiger partial charge in [0.15, 0.2) is 0 Å². The third-order valence-corrected chi connectivity index (χ3v) is 4.90. The molecule has 2 unspecified atom stereocenters. The number of hydrogen-bond acceptors (Lipinski definition) is 3. The van der Waals surface area contributed by atoms with Crippen LogP contribution < -0.4 is 0 Å². The quantitative estimate of drug-likeness (QED) is 0.219. The van der Waals surface area contributed by atoms with Crippen molar-refractivity contribution in [2.24, 2.45) is 0 Å². The van der Waals surface area contributed by atoms with Crippen molar-refractivity contribution in [1.82, 2.24) is 0 Å². The summed E-state index contributed by atoms with van der Waals surface area (Å²) in [6, 6.07) is 0. The molecule has 154 valence electrons. The minimum absolute atomic E-state index is 0.253. The van der Waals surface area contributed by atoms with Gasteiger partial charge in [-0.15, -0.1) is 0 Å². The molecule has 0 fully saturated rings. The number of hydrogen-bond donors (Lipinski definition) is 1. The SMILES string of the molecule is CCCCCC(C=CCCC(CCCCCCCCC(=O)O)OC)OC. The highest BCUT2D eigenvalue weighted by Crippen LogP contribution is 2.15. The summed E-state index contributed by atoms with van der Waals surface area (Å²) in [5.74, 6) is -0.681. The zero-order chi connectivity index (χ0) is 19.5. The Morgan fingerprint density at radius 3 is 2.15 bits per heavy atom. The minimum atomic E-state index is -0.681. The number of rotatable bonds is 19. The second-order valence-corrected chi connectivity index (χ2v) is 7.19. The van der Waals surface area contributed by atoms with E-state index in [1.54, 1.807) is 7.11 Å². The zero-order valence-electron chi connectivity index (χ0n) is 17.4. The number of allylic oxidation sites excluding steroid dienone is 1. The van der Waals surface area contributed by atoms with E-state index in [1.807, 2.05) is 7.11 Å². The van der Waals surface area contributed by atoms with Crippen molar-refractivity contribution >= 4 is 5.97 Å². The lowest BCUT2D eigenvalue weighted by atomic mass is 10.0. The van der Waals surface area contributed by atoms with Crippen LogP contribution in [0.1, 0.15) is 96.8 Å². The van der Waals surface area contributed by atoms with Gasteiger partial charge in [-0.3, -0.25) is 4.79 Å². The molecule has 0 saturated heterocycles. The number of unbranched alkanes of at least 4 members (excludes halogenated alkanes) is 7. The Hall–Kier alpha value is -0.870. The van der Waals surface area contributed by atoms with E-state index in [-0.39, 0.29) is 6.10 Å². The third kappa shape index (κ3) is 16.6. The Morgan fingerprint density at radius 2 is 1.54 bits per heavy atom. The van der Waals surface area contributed by atoms with Crippen molar-refractivity contribution in [3.05, 3.63) is 12.2 Å². The predicted molar refractivity (Wildman–Crippen MR) is 109 cm³/mol. The van der Waals surface area contributed by atoms with Gasteiger partial charge in [0.1, 0.15) is 0 Å². The Balaban J connectivity index is 3.68. The smallest absolute Gasteiger partial charge is 0.303 e. The second-order valence-electron chi connectivity index (χ2n) is 7.19. The molecule has 4 heteroatoms. The van der Waals surface area contributed by atoms with Crippen LogP contribution in [-0.2, 0) is 14.3 Å². The number of ether oxygens (including phenoxy) is 2. The molecule has 0 saturated carbocycles. The summed E-state index contributed by atoms with van der Waals surface area (Å²) in [6.45, 7) is 2.22. The Labute approximate surface area is 161 Å². The summed E-state index contributed by atoms with van der Waals surface area (Å²) in [5.41, 5.74) is 0. The monoisotopic (exact) mass is 370 g/mol. The first-order valence-corrected chi connectivity index (χ1v) is 10.6. The molecule has 0 amide bonds. The number of carboxylic acid groups (broad SMARTS) is 1. The minimum Gasteiger partial charge on any atom is -0.481 e.